The molecule has 0 spiro atoms. The molecule has 2 aliphatic rings. The van der Waals surface area contributed by atoms with Gasteiger partial charge in [-0.05, 0) is 48.2 Å². The first-order valence-electron chi connectivity index (χ1n) is 13.3. The number of aliphatic carboxylic acids is 2. The van der Waals surface area contributed by atoms with Crippen LogP contribution in [0.2, 0.25) is 0 Å². The molecular weight excluding hydrogens is 544 g/mol. The van der Waals surface area contributed by atoms with E-state index in [1.807, 2.05) is 32.0 Å². The highest BCUT2D eigenvalue weighted by Crippen LogP contribution is 2.47. The van der Waals surface area contributed by atoms with Gasteiger partial charge in [-0.15, -0.1) is 0 Å². The zero-order chi connectivity index (χ0) is 31.6. The maximum atomic E-state index is 12.9. The number of carboxylic acids is 2. The molecule has 12 heteroatoms. The van der Waals surface area contributed by atoms with Crippen molar-refractivity contribution in [2.24, 2.45) is 0 Å². The minimum Gasteiger partial charge on any atom is -0.481 e. The summed E-state index contributed by atoms with van der Waals surface area (Å²) in [5.41, 5.74) is 1.83. The van der Waals surface area contributed by atoms with Crippen LogP contribution in [-0.2, 0) is 39.6 Å². The van der Waals surface area contributed by atoms with Crippen LogP contribution in [0, 0.1) is 13.8 Å². The maximum Gasteiger partial charge on any atom is 0.304 e. The smallest absolute Gasteiger partial charge is 0.304 e. The number of carboxylic acid groups (broad SMARTS) is 2. The van der Waals surface area contributed by atoms with E-state index in [2.05, 4.69) is 10.6 Å². The lowest BCUT2D eigenvalue weighted by Crippen LogP contribution is -2.45. The van der Waals surface area contributed by atoms with E-state index in [1.54, 1.807) is 25.2 Å². The number of fused-ring (bicyclic) bond motifs is 2. The summed E-state index contributed by atoms with van der Waals surface area (Å²) < 4.78 is 0. The molecule has 224 valence electrons. The third-order valence-corrected chi connectivity index (χ3v) is 7.88. The Labute approximate surface area is 243 Å². The summed E-state index contributed by atoms with van der Waals surface area (Å²) in [5.74, 6) is -3.62. The van der Waals surface area contributed by atoms with Crippen LogP contribution in [0.3, 0.4) is 0 Å². The van der Waals surface area contributed by atoms with Gasteiger partial charge < -0.3 is 30.6 Å². The van der Waals surface area contributed by atoms with Crippen LogP contribution >= 0.6 is 0 Å². The number of hydrogen-bond donors (Lipinski definition) is 4. The SMILES string of the molecule is CNC(=O)CC1(CC(=O)NC)C(=O)N(C)c2cc(C)ccc21.Cc1ccc2c(c1)N(C)C(=O)C2(CC(=O)O)CC(=O)O. The number of benzene rings is 2. The van der Waals surface area contributed by atoms with Crippen molar-refractivity contribution in [3.63, 3.8) is 0 Å². The standard InChI is InChI=1S/C16H21N3O3.C14H15NO5/c1-10-5-6-11-12(7-10)19(4)15(22)16(11,8-13(20)17-2)9-14(21)18-3;1-8-3-4-9-10(5-8)15(2)13(20)14(9,6-11(16)17)7-12(18)19/h5-7H,8-9H2,1-4H3,(H,17,20)(H,18,21);3-5H,6-7H2,1-2H3,(H,16,17)(H,18,19). The highest BCUT2D eigenvalue weighted by Gasteiger charge is 2.53. The van der Waals surface area contributed by atoms with Crippen molar-refractivity contribution in [2.45, 2.75) is 50.4 Å². The topological polar surface area (TPSA) is 173 Å². The van der Waals surface area contributed by atoms with Crippen molar-refractivity contribution in [2.75, 3.05) is 38.0 Å². The third-order valence-electron chi connectivity index (χ3n) is 7.88. The molecule has 4 rings (SSSR count). The van der Waals surface area contributed by atoms with Gasteiger partial charge in [0.05, 0.1) is 23.7 Å². The zero-order valence-corrected chi connectivity index (χ0v) is 24.5. The zero-order valence-electron chi connectivity index (χ0n) is 24.5. The average Bonchev–Trinajstić information content (AvgIpc) is 3.23. The number of carbonyl (C=O) groups is 6. The number of carbonyl (C=O) groups excluding carboxylic acids is 4. The van der Waals surface area contributed by atoms with Gasteiger partial charge in [-0.25, -0.2) is 0 Å². The summed E-state index contributed by atoms with van der Waals surface area (Å²) in [4.78, 5) is 74.3. The van der Waals surface area contributed by atoms with Crippen LogP contribution in [0.1, 0.15) is 47.9 Å². The van der Waals surface area contributed by atoms with Gasteiger partial charge in [-0.3, -0.25) is 28.8 Å². The average molecular weight is 581 g/mol. The first kappa shape index (κ1) is 31.8. The summed E-state index contributed by atoms with van der Waals surface area (Å²) in [6, 6.07) is 10.8. The fraction of sp³-hybridized carbons (Fsp3) is 0.400. The van der Waals surface area contributed by atoms with Gasteiger partial charge in [-0.2, -0.15) is 0 Å². The number of nitrogens with zero attached hydrogens (tertiary/aromatic N) is 2. The molecule has 0 bridgehead atoms. The van der Waals surface area contributed by atoms with E-state index in [0.29, 0.717) is 11.3 Å². The van der Waals surface area contributed by atoms with Gasteiger partial charge in [0.15, 0.2) is 0 Å². The quantitative estimate of drug-likeness (QED) is 0.365. The minimum atomic E-state index is -1.52. The Hall–Kier alpha value is -4.74. The van der Waals surface area contributed by atoms with Gasteiger partial charge in [0, 0.05) is 52.4 Å². The molecule has 0 saturated carbocycles. The number of hydrogen-bond acceptors (Lipinski definition) is 6. The van der Waals surface area contributed by atoms with Gasteiger partial charge >= 0.3 is 11.9 Å². The van der Waals surface area contributed by atoms with Crippen LogP contribution in [-0.4, -0.2) is 74.0 Å². The summed E-state index contributed by atoms with van der Waals surface area (Å²) in [7, 11) is 6.26. The maximum absolute atomic E-state index is 12.9. The van der Waals surface area contributed by atoms with E-state index >= 15 is 0 Å². The van der Waals surface area contributed by atoms with Crippen molar-refractivity contribution >= 4 is 46.9 Å². The highest BCUT2D eigenvalue weighted by molar-refractivity contribution is 6.12. The predicted octanol–water partition coefficient (Wildman–Crippen LogP) is 1.64. The first-order chi connectivity index (χ1) is 19.6. The molecule has 42 heavy (non-hydrogen) atoms. The molecule has 12 nitrogen and oxygen atoms in total. The summed E-state index contributed by atoms with van der Waals surface area (Å²) in [5, 5.41) is 23.2. The van der Waals surface area contributed by atoms with E-state index in [9.17, 15) is 28.8 Å². The van der Waals surface area contributed by atoms with Gasteiger partial charge in [0.2, 0.25) is 23.6 Å². The molecule has 0 aliphatic carbocycles. The predicted molar refractivity (Wildman–Crippen MR) is 154 cm³/mol. The Balaban J connectivity index is 0.000000231. The van der Waals surface area contributed by atoms with E-state index < -0.39 is 41.5 Å². The summed E-state index contributed by atoms with van der Waals surface area (Å²) in [6.07, 6.45) is -1.15. The van der Waals surface area contributed by atoms with Gasteiger partial charge in [0.25, 0.3) is 0 Å². The van der Waals surface area contributed by atoms with E-state index in [0.717, 1.165) is 22.4 Å². The Bertz CT molecular complexity index is 1430. The van der Waals surface area contributed by atoms with Crippen LogP contribution in [0.5, 0.6) is 0 Å². The largest absolute Gasteiger partial charge is 0.481 e. The van der Waals surface area contributed by atoms with Crippen molar-refractivity contribution in [3.8, 4) is 0 Å². The Kier molecular flexibility index (Phi) is 9.09. The molecule has 0 radical (unpaired) electrons. The second-order valence-electron chi connectivity index (χ2n) is 10.8. The van der Waals surface area contributed by atoms with Crippen LogP contribution in [0.25, 0.3) is 0 Å². The molecule has 0 atom stereocenters. The van der Waals surface area contributed by atoms with Crippen molar-refractivity contribution < 1.29 is 39.0 Å². The van der Waals surface area contributed by atoms with Crippen molar-refractivity contribution in [1.29, 1.82) is 0 Å². The molecule has 4 N–H and O–H groups in total. The molecule has 0 fully saturated rings. The van der Waals surface area contributed by atoms with E-state index in [4.69, 9.17) is 10.2 Å². The Morgan fingerprint density at radius 2 is 1.00 bits per heavy atom. The highest BCUT2D eigenvalue weighted by atomic mass is 16.4. The lowest BCUT2D eigenvalue weighted by Gasteiger charge is -2.26. The van der Waals surface area contributed by atoms with Crippen LogP contribution in [0.15, 0.2) is 36.4 Å². The van der Waals surface area contributed by atoms with Crippen molar-refractivity contribution in [1.82, 2.24) is 10.6 Å². The molecule has 2 aliphatic heterocycles. The normalized spacial score (nSPS) is 15.8. The summed E-state index contributed by atoms with van der Waals surface area (Å²) >= 11 is 0. The third kappa shape index (κ3) is 5.69. The molecule has 2 aromatic rings. The molecule has 2 heterocycles. The second-order valence-corrected chi connectivity index (χ2v) is 10.8. The minimum absolute atomic E-state index is 0.0455. The number of anilines is 2. The Morgan fingerprint density at radius 1 is 0.667 bits per heavy atom. The first-order valence-corrected chi connectivity index (χ1v) is 13.3. The lowest BCUT2D eigenvalue weighted by molar-refractivity contribution is -0.145. The monoisotopic (exact) mass is 580 g/mol. The number of amides is 4. The van der Waals surface area contributed by atoms with Crippen molar-refractivity contribution in [3.05, 3.63) is 58.7 Å². The van der Waals surface area contributed by atoms with E-state index in [-0.39, 0.29) is 30.6 Å². The molecular formula is C30H36N4O8. The van der Waals surface area contributed by atoms with Crippen LogP contribution in [0.4, 0.5) is 11.4 Å². The van der Waals surface area contributed by atoms with Gasteiger partial charge in [0.1, 0.15) is 0 Å². The van der Waals surface area contributed by atoms with Crippen LogP contribution < -0.4 is 20.4 Å². The molecule has 4 amide bonds. The number of rotatable bonds is 8. The lowest BCUT2D eigenvalue weighted by atomic mass is 9.75. The molecule has 0 unspecified atom stereocenters. The fourth-order valence-corrected chi connectivity index (χ4v) is 5.79. The summed E-state index contributed by atoms with van der Waals surface area (Å²) in [6.45, 7) is 3.79. The number of likely N-dealkylation sites (N-methyl/N-ethyl adjacent to an activating group) is 2. The molecule has 0 saturated heterocycles. The number of nitrogens with one attached hydrogen (secondary N) is 2. The molecule has 0 aromatic heterocycles. The molecule has 2 aromatic carbocycles. The number of aryl methyl sites for hydroxylation is 2. The van der Waals surface area contributed by atoms with Gasteiger partial charge in [-0.1, -0.05) is 24.3 Å². The Morgan fingerprint density at radius 3 is 1.31 bits per heavy atom. The fourth-order valence-electron chi connectivity index (χ4n) is 5.79. The van der Waals surface area contributed by atoms with E-state index in [1.165, 1.54) is 30.9 Å². The second kappa shape index (κ2) is 12.0.